The molecule has 8 heteroatoms. The molecule has 1 aromatic carbocycles. The molecule has 0 bridgehead atoms. The van der Waals surface area contributed by atoms with Crippen LogP contribution in [0.2, 0.25) is 0 Å². The molecule has 1 aliphatic rings. The largest absolute Gasteiger partial charge is 0.497 e. The number of rotatable bonds is 5. The van der Waals surface area contributed by atoms with E-state index in [1.807, 2.05) is 30.3 Å². The van der Waals surface area contributed by atoms with Crippen molar-refractivity contribution in [3.63, 3.8) is 0 Å². The van der Waals surface area contributed by atoms with Crippen molar-refractivity contribution in [2.24, 2.45) is 0 Å². The molecule has 3 aromatic rings. The van der Waals surface area contributed by atoms with Gasteiger partial charge in [0.15, 0.2) is 5.13 Å². The Labute approximate surface area is 167 Å². The number of benzene rings is 1. The molecule has 1 fully saturated rings. The van der Waals surface area contributed by atoms with Crippen LogP contribution in [0.15, 0.2) is 34.1 Å². The maximum Gasteiger partial charge on any atom is 0.270 e. The van der Waals surface area contributed by atoms with E-state index in [2.05, 4.69) is 20.9 Å². The molecule has 0 aliphatic carbocycles. The van der Waals surface area contributed by atoms with Gasteiger partial charge in [0.2, 0.25) is 0 Å². The van der Waals surface area contributed by atoms with Crippen LogP contribution in [0, 0.1) is 0 Å². The number of fused-ring (bicyclic) bond motifs is 1. The van der Waals surface area contributed by atoms with Gasteiger partial charge in [-0.3, -0.25) is 9.69 Å². The Morgan fingerprint density at radius 3 is 2.96 bits per heavy atom. The highest BCUT2D eigenvalue weighted by Gasteiger charge is 2.27. The van der Waals surface area contributed by atoms with Gasteiger partial charge in [-0.05, 0) is 59.1 Å². The second-order valence-corrected chi connectivity index (χ2v) is 9.46. The Bertz CT molecular complexity index is 934. The molecule has 1 amide bonds. The van der Waals surface area contributed by atoms with Crippen LogP contribution in [0.3, 0.4) is 0 Å². The average Bonchev–Trinajstić information content (AvgIpc) is 3.38. The molecule has 4 rings (SSSR count). The van der Waals surface area contributed by atoms with Crippen molar-refractivity contribution in [2.45, 2.75) is 18.9 Å². The summed E-state index contributed by atoms with van der Waals surface area (Å²) in [5.41, 5.74) is 0.864. The summed E-state index contributed by atoms with van der Waals surface area (Å²) in [6.07, 6.45) is 2.06. The first-order chi connectivity index (χ1) is 12.6. The van der Waals surface area contributed by atoms with Crippen molar-refractivity contribution in [3.8, 4) is 5.75 Å². The van der Waals surface area contributed by atoms with Crippen LogP contribution in [0.4, 0.5) is 5.13 Å². The van der Waals surface area contributed by atoms with Gasteiger partial charge in [-0.25, -0.2) is 4.98 Å². The van der Waals surface area contributed by atoms with E-state index in [-0.39, 0.29) is 12.0 Å². The van der Waals surface area contributed by atoms with Gasteiger partial charge < -0.3 is 9.47 Å². The van der Waals surface area contributed by atoms with Gasteiger partial charge in [-0.2, -0.15) is 0 Å². The molecular weight excluding hydrogens is 436 g/mol. The van der Waals surface area contributed by atoms with E-state index in [4.69, 9.17) is 9.47 Å². The van der Waals surface area contributed by atoms with Crippen LogP contribution in [-0.2, 0) is 4.74 Å². The predicted octanol–water partition coefficient (Wildman–Crippen LogP) is 4.95. The van der Waals surface area contributed by atoms with Crippen molar-refractivity contribution < 1.29 is 14.3 Å². The summed E-state index contributed by atoms with van der Waals surface area (Å²) in [6, 6.07) is 9.49. The van der Waals surface area contributed by atoms with Crippen molar-refractivity contribution in [2.75, 3.05) is 25.2 Å². The number of aromatic nitrogens is 1. The quantitative estimate of drug-likeness (QED) is 0.549. The number of nitrogens with zero attached hydrogens (tertiary/aromatic N) is 2. The van der Waals surface area contributed by atoms with E-state index in [9.17, 15) is 4.79 Å². The van der Waals surface area contributed by atoms with Gasteiger partial charge in [0, 0.05) is 6.61 Å². The summed E-state index contributed by atoms with van der Waals surface area (Å²) >= 11 is 6.36. The molecule has 0 radical (unpaired) electrons. The average molecular weight is 453 g/mol. The first-order valence-corrected chi connectivity index (χ1v) is 10.7. The number of amides is 1. The maximum absolute atomic E-state index is 13.1. The normalized spacial score (nSPS) is 16.9. The molecule has 1 aliphatic heterocycles. The highest BCUT2D eigenvalue weighted by atomic mass is 79.9. The van der Waals surface area contributed by atoms with Gasteiger partial charge in [-0.1, -0.05) is 11.3 Å². The molecule has 136 valence electrons. The molecule has 3 heterocycles. The Kier molecular flexibility index (Phi) is 5.26. The predicted molar refractivity (Wildman–Crippen MR) is 109 cm³/mol. The number of methoxy groups -OCH3 is 1. The number of thiazole rings is 1. The molecule has 1 atom stereocenters. The van der Waals surface area contributed by atoms with Crippen LogP contribution in [-0.4, -0.2) is 37.3 Å². The first kappa shape index (κ1) is 17.9. The zero-order valence-corrected chi connectivity index (χ0v) is 17.3. The summed E-state index contributed by atoms with van der Waals surface area (Å²) in [7, 11) is 1.64. The molecule has 1 unspecified atom stereocenters. The van der Waals surface area contributed by atoms with Gasteiger partial charge >= 0.3 is 0 Å². The third kappa shape index (κ3) is 3.64. The van der Waals surface area contributed by atoms with Crippen LogP contribution in [0.25, 0.3) is 10.2 Å². The van der Waals surface area contributed by atoms with E-state index < -0.39 is 0 Å². The van der Waals surface area contributed by atoms with Crippen LogP contribution < -0.4 is 9.64 Å². The third-order valence-corrected chi connectivity index (χ3v) is 6.91. The highest BCUT2D eigenvalue weighted by Crippen LogP contribution is 2.34. The molecule has 0 N–H and O–H groups in total. The van der Waals surface area contributed by atoms with Gasteiger partial charge in [0.25, 0.3) is 5.91 Å². The minimum atomic E-state index is -0.0396. The summed E-state index contributed by atoms with van der Waals surface area (Å²) in [5, 5.41) is 0.693. The summed E-state index contributed by atoms with van der Waals surface area (Å²) in [4.78, 5) is 20.3. The Morgan fingerprint density at radius 2 is 2.27 bits per heavy atom. The highest BCUT2D eigenvalue weighted by molar-refractivity contribution is 9.11. The van der Waals surface area contributed by atoms with Crippen molar-refractivity contribution in [3.05, 3.63) is 39.0 Å². The van der Waals surface area contributed by atoms with E-state index >= 15 is 0 Å². The minimum absolute atomic E-state index is 0.0396. The smallest absolute Gasteiger partial charge is 0.270 e. The minimum Gasteiger partial charge on any atom is -0.497 e. The third-order valence-electron chi connectivity index (χ3n) is 4.25. The van der Waals surface area contributed by atoms with E-state index in [0.717, 1.165) is 39.2 Å². The first-order valence-electron chi connectivity index (χ1n) is 8.27. The maximum atomic E-state index is 13.1. The number of halogens is 1. The number of anilines is 1. The summed E-state index contributed by atoms with van der Waals surface area (Å²) < 4.78 is 13.0. The second-order valence-electron chi connectivity index (χ2n) is 5.98. The second kappa shape index (κ2) is 7.64. The number of carbonyl (C=O) groups is 1. The SMILES string of the molecule is COc1ccc2nc(N(CC3CCCO3)C(=O)c3ccc(Br)s3)sc2c1. The Balaban J connectivity index is 1.70. The molecule has 0 spiro atoms. The monoisotopic (exact) mass is 452 g/mol. The number of thiophene rings is 1. The van der Waals surface area contributed by atoms with Crippen LogP contribution >= 0.6 is 38.6 Å². The Morgan fingerprint density at radius 1 is 1.38 bits per heavy atom. The number of hydrogen-bond acceptors (Lipinski definition) is 6. The Hall–Kier alpha value is -1.48. The summed E-state index contributed by atoms with van der Waals surface area (Å²) in [6.45, 7) is 1.28. The summed E-state index contributed by atoms with van der Waals surface area (Å²) in [5.74, 6) is 0.745. The zero-order chi connectivity index (χ0) is 18.1. The van der Waals surface area contributed by atoms with Gasteiger partial charge in [0.05, 0.1) is 38.6 Å². The number of ether oxygens (including phenoxy) is 2. The number of hydrogen-bond donors (Lipinski definition) is 0. The van der Waals surface area contributed by atoms with Gasteiger partial charge in [-0.15, -0.1) is 11.3 Å². The lowest BCUT2D eigenvalue weighted by atomic mass is 10.2. The molecular formula is C18H17BrN2O3S2. The van der Waals surface area contributed by atoms with Crippen molar-refractivity contribution in [1.29, 1.82) is 0 Å². The zero-order valence-electron chi connectivity index (χ0n) is 14.1. The van der Waals surface area contributed by atoms with Gasteiger partial charge in [0.1, 0.15) is 5.75 Å². The topological polar surface area (TPSA) is 51.7 Å². The fraction of sp³-hybridized carbons (Fsp3) is 0.333. The fourth-order valence-corrected chi connectivity index (χ4v) is 5.27. The van der Waals surface area contributed by atoms with E-state index in [1.165, 1.54) is 22.7 Å². The molecule has 26 heavy (non-hydrogen) atoms. The van der Waals surface area contributed by atoms with Crippen LogP contribution in [0.5, 0.6) is 5.75 Å². The van der Waals surface area contributed by atoms with Crippen LogP contribution in [0.1, 0.15) is 22.5 Å². The van der Waals surface area contributed by atoms with Crippen molar-refractivity contribution in [1.82, 2.24) is 4.98 Å². The standard InChI is InChI=1S/C18H17BrN2O3S2/c1-23-11-4-5-13-15(9-11)26-18(20-13)21(10-12-3-2-8-24-12)17(22)14-6-7-16(19)25-14/h4-7,9,12H,2-3,8,10H2,1H3. The molecule has 2 aromatic heterocycles. The fourth-order valence-electron chi connectivity index (χ4n) is 2.94. The molecule has 0 saturated carbocycles. The van der Waals surface area contributed by atoms with E-state index in [0.29, 0.717) is 16.6 Å². The van der Waals surface area contributed by atoms with E-state index in [1.54, 1.807) is 12.0 Å². The lowest BCUT2D eigenvalue weighted by Gasteiger charge is -2.22. The molecule has 1 saturated heterocycles. The van der Waals surface area contributed by atoms with Crippen molar-refractivity contribution >= 4 is 59.9 Å². The lowest BCUT2D eigenvalue weighted by molar-refractivity contribution is 0.0920. The lowest BCUT2D eigenvalue weighted by Crippen LogP contribution is -2.37. The number of carbonyl (C=O) groups excluding carboxylic acids is 1. The molecule has 5 nitrogen and oxygen atoms in total.